The van der Waals surface area contributed by atoms with Gasteiger partial charge in [0.2, 0.25) is 0 Å². The average Bonchev–Trinajstić information content (AvgIpc) is 2.28. The Morgan fingerprint density at radius 3 is 2.76 bits per heavy atom. The fourth-order valence-electron chi connectivity index (χ4n) is 1.55. The van der Waals surface area contributed by atoms with E-state index in [9.17, 15) is 9.59 Å². The summed E-state index contributed by atoms with van der Waals surface area (Å²) in [5.41, 5.74) is 0.433. The molecule has 0 aromatic carbocycles. The summed E-state index contributed by atoms with van der Waals surface area (Å²) in [5, 5.41) is 11.5. The number of carbonyl (C=O) groups is 1. The summed E-state index contributed by atoms with van der Waals surface area (Å²) >= 11 is 0. The number of aliphatic hydroxyl groups excluding tert-OH is 1. The van der Waals surface area contributed by atoms with E-state index in [2.05, 4.69) is 10.3 Å². The Labute approximate surface area is 99.9 Å². The van der Waals surface area contributed by atoms with Gasteiger partial charge in [0.15, 0.2) is 0 Å². The van der Waals surface area contributed by atoms with E-state index in [1.54, 1.807) is 13.0 Å². The zero-order valence-electron chi connectivity index (χ0n) is 10.1. The number of aryl methyl sites for hydroxylation is 1. The highest BCUT2D eigenvalue weighted by molar-refractivity contribution is 5.93. The van der Waals surface area contributed by atoms with Crippen LogP contribution >= 0.6 is 0 Å². The highest BCUT2D eigenvalue weighted by atomic mass is 16.3. The minimum atomic E-state index is -0.397. The zero-order valence-corrected chi connectivity index (χ0v) is 10.1. The molecular formula is C12H18N2O3. The molecule has 1 unspecified atom stereocenters. The van der Waals surface area contributed by atoms with Gasteiger partial charge in [-0.05, 0) is 31.9 Å². The molecule has 0 saturated carbocycles. The summed E-state index contributed by atoms with van der Waals surface area (Å²) < 4.78 is 0. The molecule has 0 aliphatic heterocycles. The number of aromatic nitrogens is 1. The molecule has 0 saturated heterocycles. The van der Waals surface area contributed by atoms with Gasteiger partial charge in [-0.15, -0.1) is 0 Å². The molecule has 5 nitrogen and oxygen atoms in total. The maximum Gasteiger partial charge on any atom is 0.260 e. The van der Waals surface area contributed by atoms with Crippen LogP contribution < -0.4 is 10.9 Å². The summed E-state index contributed by atoms with van der Waals surface area (Å²) in [6.07, 6.45) is 1.21. The molecule has 0 bridgehead atoms. The van der Waals surface area contributed by atoms with Crippen LogP contribution in [-0.4, -0.2) is 28.6 Å². The summed E-state index contributed by atoms with van der Waals surface area (Å²) in [6.45, 7) is 3.69. The fraction of sp³-hybridized carbons (Fsp3) is 0.500. The van der Waals surface area contributed by atoms with E-state index in [1.165, 1.54) is 6.07 Å². The van der Waals surface area contributed by atoms with Gasteiger partial charge in [0.1, 0.15) is 5.56 Å². The second kappa shape index (κ2) is 6.20. The van der Waals surface area contributed by atoms with Crippen molar-refractivity contribution in [1.29, 1.82) is 0 Å². The lowest BCUT2D eigenvalue weighted by Gasteiger charge is -2.15. The number of amides is 1. The monoisotopic (exact) mass is 238 g/mol. The topological polar surface area (TPSA) is 82.2 Å². The number of rotatable bonds is 5. The molecule has 3 N–H and O–H groups in total. The first-order chi connectivity index (χ1) is 8.08. The minimum absolute atomic E-state index is 0.0169. The summed E-state index contributed by atoms with van der Waals surface area (Å²) in [7, 11) is 0. The van der Waals surface area contributed by atoms with E-state index < -0.39 is 5.91 Å². The maximum atomic E-state index is 11.8. The van der Waals surface area contributed by atoms with Crippen molar-refractivity contribution in [3.8, 4) is 0 Å². The van der Waals surface area contributed by atoms with Crippen LogP contribution in [0, 0.1) is 6.92 Å². The Morgan fingerprint density at radius 1 is 1.53 bits per heavy atom. The quantitative estimate of drug-likeness (QED) is 0.701. The van der Waals surface area contributed by atoms with Crippen molar-refractivity contribution < 1.29 is 9.90 Å². The lowest BCUT2D eigenvalue weighted by Crippen LogP contribution is -2.37. The second-order valence-electron chi connectivity index (χ2n) is 3.98. The molecular weight excluding hydrogens is 220 g/mol. The highest BCUT2D eigenvalue weighted by Gasteiger charge is 2.14. The van der Waals surface area contributed by atoms with Crippen LogP contribution in [0.4, 0.5) is 0 Å². The SMILES string of the molecule is CCC(CCO)NC(=O)c1ccc(C)[nH]c1=O. The number of H-pyrrole nitrogens is 1. The molecule has 0 aliphatic rings. The fourth-order valence-corrected chi connectivity index (χ4v) is 1.55. The van der Waals surface area contributed by atoms with Crippen LogP contribution in [-0.2, 0) is 0 Å². The predicted molar refractivity (Wildman–Crippen MR) is 65.0 cm³/mol. The first kappa shape index (κ1) is 13.4. The molecule has 1 atom stereocenters. The number of aromatic amines is 1. The maximum absolute atomic E-state index is 11.8. The summed E-state index contributed by atoms with van der Waals surface area (Å²) in [5.74, 6) is -0.397. The van der Waals surface area contributed by atoms with Gasteiger partial charge in [0.05, 0.1) is 0 Å². The molecule has 1 aromatic heterocycles. The Kier molecular flexibility index (Phi) is 4.90. The number of pyridine rings is 1. The van der Waals surface area contributed by atoms with E-state index in [0.29, 0.717) is 12.1 Å². The predicted octanol–water partition coefficient (Wildman–Crippen LogP) is 0.574. The molecule has 1 amide bonds. The molecule has 0 radical (unpaired) electrons. The van der Waals surface area contributed by atoms with E-state index in [1.807, 2.05) is 6.92 Å². The number of carbonyl (C=O) groups excluding carboxylic acids is 1. The summed E-state index contributed by atoms with van der Waals surface area (Å²) in [4.78, 5) is 25.9. The van der Waals surface area contributed by atoms with Crippen LogP contribution in [0.5, 0.6) is 0 Å². The third-order valence-corrected chi connectivity index (χ3v) is 2.61. The normalized spacial score (nSPS) is 12.2. The number of nitrogens with one attached hydrogen (secondary N) is 2. The summed E-state index contributed by atoms with van der Waals surface area (Å²) in [6, 6.07) is 3.09. The van der Waals surface area contributed by atoms with Crippen LogP contribution in [0.15, 0.2) is 16.9 Å². The molecule has 0 spiro atoms. The first-order valence-electron chi connectivity index (χ1n) is 5.70. The van der Waals surface area contributed by atoms with Gasteiger partial charge >= 0.3 is 0 Å². The Balaban J connectivity index is 2.79. The Bertz CT molecular complexity index is 440. The van der Waals surface area contributed by atoms with Gasteiger partial charge in [0, 0.05) is 18.3 Å². The lowest BCUT2D eigenvalue weighted by atomic mass is 10.1. The van der Waals surface area contributed by atoms with Gasteiger partial charge in [-0.2, -0.15) is 0 Å². The van der Waals surface area contributed by atoms with Gasteiger partial charge in [-0.3, -0.25) is 9.59 Å². The number of hydrogen-bond donors (Lipinski definition) is 3. The van der Waals surface area contributed by atoms with E-state index in [0.717, 1.165) is 6.42 Å². The van der Waals surface area contributed by atoms with Crippen LogP contribution in [0.25, 0.3) is 0 Å². The van der Waals surface area contributed by atoms with E-state index in [4.69, 9.17) is 5.11 Å². The highest BCUT2D eigenvalue weighted by Crippen LogP contribution is 1.99. The first-order valence-corrected chi connectivity index (χ1v) is 5.70. The molecule has 5 heteroatoms. The second-order valence-corrected chi connectivity index (χ2v) is 3.98. The largest absolute Gasteiger partial charge is 0.396 e. The molecule has 94 valence electrons. The van der Waals surface area contributed by atoms with Gasteiger partial charge in [0.25, 0.3) is 11.5 Å². The molecule has 0 aliphatic carbocycles. The standard InChI is InChI=1S/C12H18N2O3/c1-3-9(6-7-15)14-12(17)10-5-4-8(2)13-11(10)16/h4-5,9,15H,3,6-7H2,1-2H3,(H,13,16)(H,14,17). The van der Waals surface area contributed by atoms with Crippen LogP contribution in [0.2, 0.25) is 0 Å². The van der Waals surface area contributed by atoms with Crippen molar-refractivity contribution in [2.45, 2.75) is 32.7 Å². The van der Waals surface area contributed by atoms with Gasteiger partial charge < -0.3 is 15.4 Å². The van der Waals surface area contributed by atoms with Crippen molar-refractivity contribution in [3.63, 3.8) is 0 Å². The zero-order chi connectivity index (χ0) is 12.8. The van der Waals surface area contributed by atoms with Crippen molar-refractivity contribution in [2.75, 3.05) is 6.61 Å². The molecule has 17 heavy (non-hydrogen) atoms. The number of aliphatic hydroxyl groups is 1. The van der Waals surface area contributed by atoms with E-state index >= 15 is 0 Å². The number of hydrogen-bond acceptors (Lipinski definition) is 3. The van der Waals surface area contributed by atoms with Gasteiger partial charge in [-0.1, -0.05) is 6.92 Å². The molecule has 0 fully saturated rings. The van der Waals surface area contributed by atoms with Crippen molar-refractivity contribution in [3.05, 3.63) is 33.7 Å². The lowest BCUT2D eigenvalue weighted by molar-refractivity contribution is 0.0927. The third-order valence-electron chi connectivity index (χ3n) is 2.61. The molecule has 1 heterocycles. The van der Waals surface area contributed by atoms with Crippen LogP contribution in [0.3, 0.4) is 0 Å². The van der Waals surface area contributed by atoms with Crippen molar-refractivity contribution in [1.82, 2.24) is 10.3 Å². The van der Waals surface area contributed by atoms with Crippen LogP contribution in [0.1, 0.15) is 35.8 Å². The molecule has 1 rings (SSSR count). The third kappa shape index (κ3) is 3.71. The van der Waals surface area contributed by atoms with Crippen molar-refractivity contribution >= 4 is 5.91 Å². The minimum Gasteiger partial charge on any atom is -0.396 e. The van der Waals surface area contributed by atoms with Crippen molar-refractivity contribution in [2.24, 2.45) is 0 Å². The van der Waals surface area contributed by atoms with Gasteiger partial charge in [-0.25, -0.2) is 0 Å². The van der Waals surface area contributed by atoms with E-state index in [-0.39, 0.29) is 23.8 Å². The smallest absolute Gasteiger partial charge is 0.260 e. The average molecular weight is 238 g/mol. The Hall–Kier alpha value is -1.62. The molecule has 1 aromatic rings. The Morgan fingerprint density at radius 2 is 2.24 bits per heavy atom.